The lowest BCUT2D eigenvalue weighted by Crippen LogP contribution is -2.24. The molecule has 2 heterocycles. The van der Waals surface area contributed by atoms with Crippen molar-refractivity contribution < 1.29 is 4.57 Å². The Morgan fingerprint density at radius 1 is 0.373 bits per heavy atom. The molecule has 2 aromatic heterocycles. The van der Waals surface area contributed by atoms with E-state index in [1.165, 1.54) is 21.7 Å². The Labute approximate surface area is 342 Å². The molecule has 0 spiro atoms. The zero-order valence-electron chi connectivity index (χ0n) is 32.1. The SMILES string of the molecule is O=P(c1ccccc1)(c1ccccc1)c1ccc(-c2cccc(-c3cccc4c3c3cc5c(cc3n4-c3ccccc3)c(-c3ccccc3)nc3ccccc35)c2)cc1. The highest BCUT2D eigenvalue weighted by molar-refractivity contribution is 7.85. The van der Waals surface area contributed by atoms with Crippen LogP contribution in [0, 0.1) is 0 Å². The van der Waals surface area contributed by atoms with Gasteiger partial charge in [-0.1, -0.05) is 182 Å². The fraction of sp³-hybridized carbons (Fsp3) is 0. The normalized spacial score (nSPS) is 11.8. The van der Waals surface area contributed by atoms with Crippen molar-refractivity contribution in [3.05, 3.63) is 224 Å². The predicted octanol–water partition coefficient (Wildman–Crippen LogP) is 13.1. The van der Waals surface area contributed by atoms with E-state index in [2.05, 4.69) is 156 Å². The first kappa shape index (κ1) is 34.9. The molecule has 0 unspecified atom stereocenters. The van der Waals surface area contributed by atoms with Crippen LogP contribution in [0.4, 0.5) is 0 Å². The molecule has 278 valence electrons. The number of para-hydroxylation sites is 2. The van der Waals surface area contributed by atoms with E-state index in [0.29, 0.717) is 0 Å². The zero-order chi connectivity index (χ0) is 39.3. The summed E-state index contributed by atoms with van der Waals surface area (Å²) in [5.41, 5.74) is 10.9. The monoisotopic (exact) mass is 772 g/mol. The fourth-order valence-corrected chi connectivity index (χ4v) is 11.5. The highest BCUT2D eigenvalue weighted by Gasteiger charge is 2.29. The van der Waals surface area contributed by atoms with Gasteiger partial charge >= 0.3 is 0 Å². The summed E-state index contributed by atoms with van der Waals surface area (Å²) in [6.07, 6.45) is 0. The second-order valence-corrected chi connectivity index (χ2v) is 17.8. The molecule has 11 rings (SSSR count). The van der Waals surface area contributed by atoms with Crippen molar-refractivity contribution in [1.29, 1.82) is 0 Å². The zero-order valence-corrected chi connectivity index (χ0v) is 33.0. The lowest BCUT2D eigenvalue weighted by atomic mass is 9.94. The van der Waals surface area contributed by atoms with Crippen LogP contribution in [-0.2, 0) is 4.57 Å². The van der Waals surface area contributed by atoms with Crippen LogP contribution in [0.3, 0.4) is 0 Å². The molecule has 0 radical (unpaired) electrons. The molecule has 0 aliphatic rings. The van der Waals surface area contributed by atoms with E-state index < -0.39 is 7.14 Å². The highest BCUT2D eigenvalue weighted by atomic mass is 31.2. The third-order valence-electron chi connectivity index (χ3n) is 11.7. The third-order valence-corrected chi connectivity index (χ3v) is 14.7. The van der Waals surface area contributed by atoms with Crippen LogP contribution in [0.1, 0.15) is 0 Å². The Morgan fingerprint density at radius 3 is 1.66 bits per heavy atom. The molecule has 9 aromatic carbocycles. The van der Waals surface area contributed by atoms with E-state index in [1.54, 1.807) is 0 Å². The predicted molar refractivity (Wildman–Crippen MR) is 249 cm³/mol. The summed E-state index contributed by atoms with van der Waals surface area (Å²) >= 11 is 0. The second kappa shape index (κ2) is 14.3. The van der Waals surface area contributed by atoms with E-state index in [9.17, 15) is 0 Å². The summed E-state index contributed by atoms with van der Waals surface area (Å²) < 4.78 is 17.5. The van der Waals surface area contributed by atoms with Crippen LogP contribution in [0.2, 0.25) is 0 Å². The van der Waals surface area contributed by atoms with Crippen molar-refractivity contribution in [2.45, 2.75) is 0 Å². The van der Waals surface area contributed by atoms with Crippen LogP contribution < -0.4 is 15.9 Å². The molecule has 0 saturated carbocycles. The Balaban J connectivity index is 1.11. The summed E-state index contributed by atoms with van der Waals surface area (Å²) in [5.74, 6) is 0. The van der Waals surface area contributed by atoms with E-state index in [1.807, 2.05) is 72.8 Å². The molecule has 0 saturated heterocycles. The van der Waals surface area contributed by atoms with Crippen LogP contribution >= 0.6 is 7.14 Å². The van der Waals surface area contributed by atoms with Crippen LogP contribution in [0.25, 0.3) is 82.7 Å². The van der Waals surface area contributed by atoms with Gasteiger partial charge in [-0.05, 0) is 70.1 Å². The van der Waals surface area contributed by atoms with E-state index in [0.717, 1.165) is 76.9 Å². The maximum atomic E-state index is 15.1. The number of rotatable bonds is 7. The number of aromatic nitrogens is 2. The van der Waals surface area contributed by atoms with Gasteiger partial charge in [0.2, 0.25) is 0 Å². The maximum absolute atomic E-state index is 15.1. The van der Waals surface area contributed by atoms with Crippen LogP contribution in [0.5, 0.6) is 0 Å². The Morgan fingerprint density at radius 2 is 0.949 bits per heavy atom. The first-order valence-electron chi connectivity index (χ1n) is 20.0. The fourth-order valence-electron chi connectivity index (χ4n) is 8.88. The van der Waals surface area contributed by atoms with E-state index in [4.69, 9.17) is 4.98 Å². The first-order chi connectivity index (χ1) is 29.1. The minimum Gasteiger partial charge on any atom is -0.309 e. The largest absolute Gasteiger partial charge is 0.309 e. The minimum absolute atomic E-state index is 0.818. The maximum Gasteiger partial charge on any atom is 0.171 e. The summed E-state index contributed by atoms with van der Waals surface area (Å²) in [5, 5.41) is 8.31. The number of hydrogen-bond acceptors (Lipinski definition) is 2. The summed E-state index contributed by atoms with van der Waals surface area (Å²) in [4.78, 5) is 5.27. The van der Waals surface area contributed by atoms with Gasteiger partial charge in [0.15, 0.2) is 7.14 Å². The molecule has 0 aliphatic carbocycles. The molecular formula is C55H37N2OP. The van der Waals surface area contributed by atoms with Gasteiger partial charge in [0.1, 0.15) is 0 Å². The van der Waals surface area contributed by atoms with Crippen molar-refractivity contribution >= 4 is 66.5 Å². The van der Waals surface area contributed by atoms with E-state index in [-0.39, 0.29) is 0 Å². The van der Waals surface area contributed by atoms with Gasteiger partial charge in [-0.15, -0.1) is 0 Å². The number of benzene rings is 9. The minimum atomic E-state index is -3.08. The topological polar surface area (TPSA) is 34.9 Å². The summed E-state index contributed by atoms with van der Waals surface area (Å²) in [6.45, 7) is 0. The molecule has 0 N–H and O–H groups in total. The van der Waals surface area contributed by atoms with Gasteiger partial charge in [-0.25, -0.2) is 4.98 Å². The molecular weight excluding hydrogens is 736 g/mol. The van der Waals surface area contributed by atoms with Crippen molar-refractivity contribution in [2.24, 2.45) is 0 Å². The number of hydrogen-bond donors (Lipinski definition) is 0. The smallest absolute Gasteiger partial charge is 0.171 e. The van der Waals surface area contributed by atoms with Gasteiger partial charge in [0, 0.05) is 48.7 Å². The number of pyridine rings is 1. The Bertz CT molecular complexity index is 3340. The molecule has 4 heteroatoms. The molecule has 0 bridgehead atoms. The average molecular weight is 773 g/mol. The Hall–Kier alpha value is -7.32. The molecule has 0 fully saturated rings. The molecule has 0 amide bonds. The molecule has 0 aliphatic heterocycles. The second-order valence-electron chi connectivity index (χ2n) is 15.0. The van der Waals surface area contributed by atoms with E-state index >= 15 is 4.57 Å². The lowest BCUT2D eigenvalue weighted by Gasteiger charge is -2.20. The molecule has 59 heavy (non-hydrogen) atoms. The van der Waals surface area contributed by atoms with Gasteiger partial charge in [0.05, 0.1) is 22.2 Å². The van der Waals surface area contributed by atoms with Crippen LogP contribution in [0.15, 0.2) is 224 Å². The quantitative estimate of drug-likeness (QED) is 0.119. The third kappa shape index (κ3) is 5.82. The van der Waals surface area contributed by atoms with Gasteiger partial charge in [-0.3, -0.25) is 0 Å². The standard InChI is InChI=1S/C55H37N2OP/c58-59(43-23-9-3-10-24-43,44-25-11-4-12-26-44)45-33-31-38(32-34-45)40-19-15-20-41(35-40)46-28-16-30-52-54(46)50-36-48-47-27-13-14-29-51(47)56-55(39-17-5-1-6-18-39)49(48)37-53(50)57(52)42-21-7-2-8-22-42/h1-37H. The number of nitrogens with zero attached hydrogens (tertiary/aromatic N) is 2. The summed E-state index contributed by atoms with van der Waals surface area (Å²) in [6, 6.07) is 77.9. The molecule has 0 atom stereocenters. The molecule has 11 aromatic rings. The highest BCUT2D eigenvalue weighted by Crippen LogP contribution is 2.45. The summed E-state index contributed by atoms with van der Waals surface area (Å²) in [7, 11) is -3.08. The first-order valence-corrected chi connectivity index (χ1v) is 21.7. The van der Waals surface area contributed by atoms with Gasteiger partial charge < -0.3 is 9.13 Å². The average Bonchev–Trinajstić information content (AvgIpc) is 3.65. The van der Waals surface area contributed by atoms with Crippen molar-refractivity contribution in [1.82, 2.24) is 9.55 Å². The van der Waals surface area contributed by atoms with Gasteiger partial charge in [-0.2, -0.15) is 0 Å². The number of fused-ring (bicyclic) bond motifs is 6. The van der Waals surface area contributed by atoms with Crippen molar-refractivity contribution in [3.63, 3.8) is 0 Å². The van der Waals surface area contributed by atoms with Crippen LogP contribution in [-0.4, -0.2) is 9.55 Å². The van der Waals surface area contributed by atoms with Crippen molar-refractivity contribution in [3.8, 4) is 39.2 Å². The lowest BCUT2D eigenvalue weighted by molar-refractivity contribution is 0.592. The van der Waals surface area contributed by atoms with Gasteiger partial charge in [0.25, 0.3) is 0 Å². The molecule has 3 nitrogen and oxygen atoms in total. The Kier molecular flexibility index (Phi) is 8.43. The van der Waals surface area contributed by atoms with Crippen molar-refractivity contribution in [2.75, 3.05) is 0 Å².